The average molecular weight is 228 g/mol. The molecule has 2 rings (SSSR count). The van der Waals surface area contributed by atoms with Crippen LogP contribution >= 0.6 is 0 Å². The molecule has 1 N–H and O–H groups in total. The van der Waals surface area contributed by atoms with Gasteiger partial charge in [0, 0.05) is 44.9 Å². The maximum Gasteiger partial charge on any atom is 0.248 e. The summed E-state index contributed by atoms with van der Waals surface area (Å²) in [6.45, 7) is 0.775. The second-order valence-electron chi connectivity index (χ2n) is 4.70. The minimum absolute atomic E-state index is 0.0272. The van der Waals surface area contributed by atoms with Gasteiger partial charge < -0.3 is 9.88 Å². The van der Waals surface area contributed by atoms with Crippen LogP contribution in [0.5, 0.6) is 0 Å². The molecule has 90 valence electrons. The van der Waals surface area contributed by atoms with Crippen molar-refractivity contribution in [1.82, 2.24) is 9.88 Å². The number of nitrogens with one attached hydrogen (secondary N) is 1. The van der Waals surface area contributed by atoms with Crippen molar-refractivity contribution in [2.45, 2.75) is 44.2 Å². The molecule has 16 heavy (non-hydrogen) atoms. The quantitative estimate of drug-likeness (QED) is 0.841. The molecule has 1 aromatic heterocycles. The third-order valence-corrected chi connectivity index (χ3v) is 3.21. The fourth-order valence-corrected chi connectivity index (χ4v) is 2.17. The molecule has 0 aromatic carbocycles. The first kappa shape index (κ1) is 11.6. The van der Waals surface area contributed by atoms with Gasteiger partial charge in [0.1, 0.15) is 0 Å². The van der Waals surface area contributed by atoms with Gasteiger partial charge in [0.25, 0.3) is 0 Å². The molecule has 0 bridgehead atoms. The van der Waals surface area contributed by atoms with Crippen LogP contribution in [0.25, 0.3) is 0 Å². The van der Waals surface area contributed by atoms with E-state index in [-0.39, 0.29) is 18.9 Å². The van der Waals surface area contributed by atoms with Gasteiger partial charge in [0.05, 0.1) is 0 Å². The maximum atomic E-state index is 12.9. The summed E-state index contributed by atoms with van der Waals surface area (Å²) in [7, 11) is 1.98. The molecule has 0 radical (unpaired) electrons. The van der Waals surface area contributed by atoms with E-state index in [1.807, 2.05) is 30.1 Å². The monoisotopic (exact) mass is 228 g/mol. The molecule has 1 heterocycles. The SMILES string of the molecule is Cn1ccc(CNC2CCC(F)(F)CC2)c1. The van der Waals surface area contributed by atoms with Crippen LogP contribution in [0.4, 0.5) is 8.78 Å². The fraction of sp³-hybridized carbons (Fsp3) is 0.667. The highest BCUT2D eigenvalue weighted by molar-refractivity contribution is 5.09. The van der Waals surface area contributed by atoms with Crippen LogP contribution < -0.4 is 5.32 Å². The molecule has 1 saturated carbocycles. The molecule has 1 aliphatic carbocycles. The zero-order valence-electron chi connectivity index (χ0n) is 9.55. The minimum atomic E-state index is -2.43. The highest BCUT2D eigenvalue weighted by Crippen LogP contribution is 2.33. The molecule has 0 unspecified atom stereocenters. The standard InChI is InChI=1S/C12H18F2N2/c1-16-7-4-10(9-16)8-15-11-2-5-12(13,14)6-3-11/h4,7,9,11,15H,2-3,5-6,8H2,1H3. The first-order chi connectivity index (χ1) is 7.55. The van der Waals surface area contributed by atoms with Crippen LogP contribution in [0.1, 0.15) is 31.2 Å². The van der Waals surface area contributed by atoms with E-state index in [9.17, 15) is 8.78 Å². The molecule has 0 atom stereocenters. The van der Waals surface area contributed by atoms with Gasteiger partial charge in [-0.15, -0.1) is 0 Å². The fourth-order valence-electron chi connectivity index (χ4n) is 2.17. The van der Waals surface area contributed by atoms with Crippen LogP contribution in [0.3, 0.4) is 0 Å². The third-order valence-electron chi connectivity index (χ3n) is 3.21. The van der Waals surface area contributed by atoms with Crippen LogP contribution in [0.15, 0.2) is 18.5 Å². The highest BCUT2D eigenvalue weighted by Gasteiger charge is 2.34. The molecule has 1 fully saturated rings. The van der Waals surface area contributed by atoms with Crippen LogP contribution in [-0.2, 0) is 13.6 Å². The van der Waals surface area contributed by atoms with Gasteiger partial charge in [-0.25, -0.2) is 8.78 Å². The maximum absolute atomic E-state index is 12.9. The van der Waals surface area contributed by atoms with Crippen molar-refractivity contribution >= 4 is 0 Å². The summed E-state index contributed by atoms with van der Waals surface area (Å²) < 4.78 is 27.8. The van der Waals surface area contributed by atoms with Crippen molar-refractivity contribution in [2.75, 3.05) is 0 Å². The summed E-state index contributed by atoms with van der Waals surface area (Å²) in [5.74, 6) is -2.43. The van der Waals surface area contributed by atoms with Crippen molar-refractivity contribution in [1.29, 1.82) is 0 Å². The van der Waals surface area contributed by atoms with E-state index in [0.29, 0.717) is 12.8 Å². The average Bonchev–Trinajstić information content (AvgIpc) is 2.63. The van der Waals surface area contributed by atoms with Crippen LogP contribution in [-0.4, -0.2) is 16.5 Å². The van der Waals surface area contributed by atoms with Crippen LogP contribution in [0.2, 0.25) is 0 Å². The number of halogens is 2. The summed E-state index contributed by atoms with van der Waals surface area (Å²) in [6, 6.07) is 2.30. The van der Waals surface area contributed by atoms with Crippen molar-refractivity contribution in [3.63, 3.8) is 0 Å². The molecule has 4 heteroatoms. The van der Waals surface area contributed by atoms with Gasteiger partial charge in [-0.3, -0.25) is 0 Å². The van der Waals surface area contributed by atoms with Gasteiger partial charge in [-0.1, -0.05) is 0 Å². The lowest BCUT2D eigenvalue weighted by molar-refractivity contribution is -0.0405. The van der Waals surface area contributed by atoms with Gasteiger partial charge in [-0.05, 0) is 24.5 Å². The number of hydrogen-bond donors (Lipinski definition) is 1. The van der Waals surface area contributed by atoms with Crippen molar-refractivity contribution in [2.24, 2.45) is 7.05 Å². The second-order valence-corrected chi connectivity index (χ2v) is 4.70. The van der Waals surface area contributed by atoms with Gasteiger partial charge in [-0.2, -0.15) is 0 Å². The molecule has 1 aliphatic rings. The molecule has 2 nitrogen and oxygen atoms in total. The normalized spacial score (nSPS) is 21.2. The lowest BCUT2D eigenvalue weighted by atomic mass is 9.92. The summed E-state index contributed by atoms with van der Waals surface area (Å²) >= 11 is 0. The lowest BCUT2D eigenvalue weighted by Gasteiger charge is -2.28. The number of alkyl halides is 2. The topological polar surface area (TPSA) is 17.0 Å². The van der Waals surface area contributed by atoms with E-state index < -0.39 is 5.92 Å². The van der Waals surface area contributed by atoms with E-state index >= 15 is 0 Å². The molecular weight excluding hydrogens is 210 g/mol. The third kappa shape index (κ3) is 3.04. The smallest absolute Gasteiger partial charge is 0.248 e. The Morgan fingerprint density at radius 3 is 2.69 bits per heavy atom. The van der Waals surface area contributed by atoms with Crippen molar-refractivity contribution in [3.8, 4) is 0 Å². The van der Waals surface area contributed by atoms with E-state index in [0.717, 1.165) is 6.54 Å². The summed E-state index contributed by atoms with van der Waals surface area (Å²) in [5, 5.41) is 3.34. The zero-order valence-corrected chi connectivity index (χ0v) is 9.55. The Morgan fingerprint density at radius 1 is 1.44 bits per heavy atom. The van der Waals surface area contributed by atoms with E-state index in [4.69, 9.17) is 0 Å². The zero-order chi connectivity index (χ0) is 11.6. The van der Waals surface area contributed by atoms with Gasteiger partial charge in [0.15, 0.2) is 0 Å². The molecule has 0 saturated heterocycles. The van der Waals surface area contributed by atoms with E-state index in [2.05, 4.69) is 5.32 Å². The van der Waals surface area contributed by atoms with Crippen molar-refractivity contribution in [3.05, 3.63) is 24.0 Å². The molecule has 0 spiro atoms. The minimum Gasteiger partial charge on any atom is -0.357 e. The van der Waals surface area contributed by atoms with Gasteiger partial charge in [0.2, 0.25) is 5.92 Å². The Morgan fingerprint density at radius 2 is 2.12 bits per heavy atom. The molecular formula is C12H18F2N2. The first-order valence-corrected chi connectivity index (χ1v) is 5.77. The Bertz CT molecular complexity index is 337. The number of aryl methyl sites for hydroxylation is 1. The number of nitrogens with zero attached hydrogens (tertiary/aromatic N) is 1. The lowest BCUT2D eigenvalue weighted by Crippen LogP contribution is -2.36. The van der Waals surface area contributed by atoms with Crippen LogP contribution in [0, 0.1) is 0 Å². The van der Waals surface area contributed by atoms with E-state index in [1.54, 1.807) is 0 Å². The predicted octanol–water partition coefficient (Wildman–Crippen LogP) is 2.69. The summed E-state index contributed by atoms with van der Waals surface area (Å²) in [5.41, 5.74) is 1.21. The molecule has 1 aromatic rings. The Balaban J connectivity index is 1.75. The van der Waals surface area contributed by atoms with E-state index in [1.165, 1.54) is 5.56 Å². The Kier molecular flexibility index (Phi) is 3.28. The Labute approximate surface area is 94.6 Å². The number of rotatable bonds is 3. The summed E-state index contributed by atoms with van der Waals surface area (Å²) in [6.07, 6.45) is 5.26. The number of aromatic nitrogens is 1. The number of hydrogen-bond acceptors (Lipinski definition) is 1. The highest BCUT2D eigenvalue weighted by atomic mass is 19.3. The second kappa shape index (κ2) is 4.53. The summed E-state index contributed by atoms with van der Waals surface area (Å²) in [4.78, 5) is 0. The molecule has 0 aliphatic heterocycles. The Hall–Kier alpha value is -0.900. The molecule has 0 amide bonds. The van der Waals surface area contributed by atoms with Crippen molar-refractivity contribution < 1.29 is 8.78 Å². The van der Waals surface area contributed by atoms with Gasteiger partial charge >= 0.3 is 0 Å². The first-order valence-electron chi connectivity index (χ1n) is 5.77. The predicted molar refractivity (Wildman–Crippen MR) is 59.5 cm³/mol. The largest absolute Gasteiger partial charge is 0.357 e.